The van der Waals surface area contributed by atoms with Crippen molar-refractivity contribution in [2.24, 2.45) is 0 Å². The minimum Gasteiger partial charge on any atom is -0.434 e. The zero-order chi connectivity index (χ0) is 32.5. The van der Waals surface area contributed by atoms with Crippen LogP contribution in [-0.4, -0.2) is 87.4 Å². The van der Waals surface area contributed by atoms with Gasteiger partial charge in [0, 0.05) is 37.1 Å². The molecule has 18 heteroatoms. The number of hydrogen-bond donors (Lipinski definition) is 4. The fourth-order valence-electron chi connectivity index (χ4n) is 4.92. The lowest BCUT2D eigenvalue weighted by Crippen LogP contribution is -2.56. The van der Waals surface area contributed by atoms with E-state index in [2.05, 4.69) is 25.5 Å². The van der Waals surface area contributed by atoms with E-state index in [9.17, 15) is 45.4 Å². The molecule has 1 saturated carbocycles. The summed E-state index contributed by atoms with van der Waals surface area (Å²) in [7, 11) is -3.45. The number of hydrogen-bond acceptors (Lipinski definition) is 9. The summed E-state index contributed by atoms with van der Waals surface area (Å²) in [5, 5.41) is 29.3. The Hall–Kier alpha value is -2.76. The van der Waals surface area contributed by atoms with Gasteiger partial charge in [-0.25, -0.2) is 13.4 Å². The van der Waals surface area contributed by atoms with E-state index in [4.69, 9.17) is 11.6 Å². The summed E-state index contributed by atoms with van der Waals surface area (Å²) < 4.78 is 95.1. The second-order valence-electron chi connectivity index (χ2n) is 11.1. The molecule has 43 heavy (non-hydrogen) atoms. The predicted octanol–water partition coefficient (Wildman–Crippen LogP) is 3.78. The van der Waals surface area contributed by atoms with Crippen molar-refractivity contribution >= 4 is 33.2 Å². The number of nitrogens with zero attached hydrogens (tertiary/aromatic N) is 3. The molecule has 242 valence electrons. The molecule has 0 spiro atoms. The summed E-state index contributed by atoms with van der Waals surface area (Å²) in [5.74, 6) is -1.58. The number of alkyl halides is 5. The number of carbonyl (C=O) groups is 1. The number of aryl methyl sites for hydroxylation is 1. The van der Waals surface area contributed by atoms with Gasteiger partial charge in [0.15, 0.2) is 5.69 Å². The van der Waals surface area contributed by atoms with Crippen molar-refractivity contribution in [1.82, 2.24) is 20.1 Å². The Morgan fingerprint density at radius 2 is 1.98 bits per heavy atom. The van der Waals surface area contributed by atoms with Gasteiger partial charge in [-0.1, -0.05) is 11.6 Å². The van der Waals surface area contributed by atoms with E-state index < -0.39 is 69.7 Å². The number of aliphatic hydroxyl groups is 2. The molecule has 0 aromatic carbocycles. The molecule has 11 nitrogen and oxygen atoms in total. The second-order valence-corrected chi connectivity index (χ2v) is 13.8. The van der Waals surface area contributed by atoms with Crippen molar-refractivity contribution in [2.75, 3.05) is 18.1 Å². The second kappa shape index (κ2) is 12.7. The molecule has 1 aliphatic carbocycles. The summed E-state index contributed by atoms with van der Waals surface area (Å²) in [5.41, 5.74) is -3.93. The van der Waals surface area contributed by atoms with Crippen LogP contribution in [0.1, 0.15) is 56.9 Å². The van der Waals surface area contributed by atoms with Gasteiger partial charge in [0.25, 0.3) is 5.91 Å². The first-order chi connectivity index (χ1) is 19.7. The standard InChI is InChI=1S/C25H33ClF5N5O6S/c1-5-36-20(14-10-32-17(9-15(14)42-22(27)28)34-23(2,3)11-25(29,30)31)18(26)19(35-36)21(38)33-12-24(39)7-6-13(8-16(24)37)43(4,40)41/h9-10,13,16,22,37,39H,5-8,11-12H2,1-4H3,(H,32,34)(H,33,38). The number of anilines is 1. The molecule has 3 atom stereocenters. The van der Waals surface area contributed by atoms with Crippen molar-refractivity contribution in [2.45, 2.75) is 88.3 Å². The highest BCUT2D eigenvalue weighted by Gasteiger charge is 2.44. The third kappa shape index (κ3) is 8.67. The molecule has 2 aromatic heterocycles. The lowest BCUT2D eigenvalue weighted by atomic mass is 9.82. The van der Waals surface area contributed by atoms with Gasteiger partial charge in [-0.3, -0.25) is 9.48 Å². The maximum atomic E-state index is 13.4. The summed E-state index contributed by atoms with van der Waals surface area (Å²) >= 11 is 6.49. The Balaban J connectivity index is 1.89. The molecule has 0 radical (unpaired) electrons. The van der Waals surface area contributed by atoms with E-state index >= 15 is 0 Å². The van der Waals surface area contributed by atoms with Crippen LogP contribution in [0, 0.1) is 0 Å². The van der Waals surface area contributed by atoms with Crippen LogP contribution in [0.5, 0.6) is 5.75 Å². The van der Waals surface area contributed by atoms with Crippen LogP contribution in [-0.2, 0) is 16.4 Å². The van der Waals surface area contributed by atoms with Gasteiger partial charge in [0.05, 0.1) is 34.1 Å². The molecule has 0 bridgehead atoms. The van der Waals surface area contributed by atoms with E-state index in [1.54, 1.807) is 6.92 Å². The molecule has 3 rings (SSSR count). The van der Waals surface area contributed by atoms with Gasteiger partial charge >= 0.3 is 12.8 Å². The highest BCUT2D eigenvalue weighted by Crippen LogP contribution is 2.39. The van der Waals surface area contributed by atoms with Crippen molar-refractivity contribution in [1.29, 1.82) is 0 Å². The molecule has 0 aliphatic heterocycles. The van der Waals surface area contributed by atoms with E-state index in [-0.39, 0.29) is 53.6 Å². The van der Waals surface area contributed by atoms with E-state index in [0.29, 0.717) is 0 Å². The van der Waals surface area contributed by atoms with Gasteiger partial charge in [0.2, 0.25) is 0 Å². The molecule has 0 saturated heterocycles. The first-order valence-electron chi connectivity index (χ1n) is 13.1. The monoisotopic (exact) mass is 661 g/mol. The average molecular weight is 662 g/mol. The first-order valence-corrected chi connectivity index (χ1v) is 15.4. The number of sulfone groups is 1. The average Bonchev–Trinajstić information content (AvgIpc) is 3.18. The highest BCUT2D eigenvalue weighted by atomic mass is 35.5. The van der Waals surface area contributed by atoms with Gasteiger partial charge in [-0.15, -0.1) is 0 Å². The van der Waals surface area contributed by atoms with Crippen molar-refractivity contribution in [3.05, 3.63) is 23.0 Å². The van der Waals surface area contributed by atoms with E-state index in [1.165, 1.54) is 18.5 Å². The Morgan fingerprint density at radius 3 is 2.51 bits per heavy atom. The van der Waals surface area contributed by atoms with E-state index in [0.717, 1.165) is 18.5 Å². The lowest BCUT2D eigenvalue weighted by molar-refractivity contribution is -0.142. The molecule has 3 unspecified atom stereocenters. The topological polar surface area (TPSA) is 156 Å². The van der Waals surface area contributed by atoms with Gasteiger partial charge in [0.1, 0.15) is 27.0 Å². The molecular formula is C25H33ClF5N5O6S. The minimum absolute atomic E-state index is 0.0500. The predicted molar refractivity (Wildman–Crippen MR) is 147 cm³/mol. The summed E-state index contributed by atoms with van der Waals surface area (Å²) in [6.45, 7) is 0.412. The van der Waals surface area contributed by atoms with Crippen LogP contribution in [0.15, 0.2) is 12.3 Å². The third-order valence-electron chi connectivity index (χ3n) is 7.02. The summed E-state index contributed by atoms with van der Waals surface area (Å²) in [6, 6.07) is 0.979. The smallest absolute Gasteiger partial charge is 0.391 e. The number of amides is 1. The van der Waals surface area contributed by atoms with Gasteiger partial charge in [-0.2, -0.15) is 27.1 Å². The Morgan fingerprint density at radius 1 is 1.33 bits per heavy atom. The van der Waals surface area contributed by atoms with E-state index in [1.807, 2.05) is 0 Å². The Labute approximate surface area is 249 Å². The molecule has 1 aliphatic rings. The number of pyridine rings is 1. The third-order valence-corrected chi connectivity index (χ3v) is 9.02. The first kappa shape index (κ1) is 34.7. The Kier molecular flexibility index (Phi) is 10.2. The molecule has 1 amide bonds. The van der Waals surface area contributed by atoms with Crippen LogP contribution in [0.3, 0.4) is 0 Å². The van der Waals surface area contributed by atoms with Gasteiger partial charge in [-0.05, 0) is 40.0 Å². The van der Waals surface area contributed by atoms with Crippen LogP contribution in [0.25, 0.3) is 11.3 Å². The summed E-state index contributed by atoms with van der Waals surface area (Å²) in [4.78, 5) is 17.1. The number of halogens is 6. The van der Waals surface area contributed by atoms with Crippen molar-refractivity contribution < 1.29 is 50.1 Å². The number of carbonyl (C=O) groups excluding carboxylic acids is 1. The number of ether oxygens (including phenoxy) is 1. The maximum absolute atomic E-state index is 13.4. The number of aromatic nitrogens is 3. The molecule has 2 aromatic rings. The Bertz CT molecular complexity index is 1440. The molecule has 1 fully saturated rings. The van der Waals surface area contributed by atoms with Crippen molar-refractivity contribution in [3.8, 4) is 17.0 Å². The number of nitrogens with one attached hydrogen (secondary N) is 2. The molecule has 4 N–H and O–H groups in total. The number of rotatable bonds is 11. The normalized spacial score (nSPS) is 21.6. The molecular weight excluding hydrogens is 629 g/mol. The highest BCUT2D eigenvalue weighted by molar-refractivity contribution is 7.91. The van der Waals surface area contributed by atoms with Crippen LogP contribution >= 0.6 is 11.6 Å². The fourth-order valence-corrected chi connectivity index (χ4v) is 6.32. The minimum atomic E-state index is -4.51. The lowest BCUT2D eigenvalue weighted by Gasteiger charge is -2.39. The summed E-state index contributed by atoms with van der Waals surface area (Å²) in [6.07, 6.45) is -5.41. The zero-order valence-corrected chi connectivity index (χ0v) is 25.2. The largest absolute Gasteiger partial charge is 0.434 e. The zero-order valence-electron chi connectivity index (χ0n) is 23.7. The van der Waals surface area contributed by atoms with Gasteiger partial charge < -0.3 is 25.6 Å². The fraction of sp³-hybridized carbons (Fsp3) is 0.640. The van der Waals surface area contributed by atoms with Crippen LogP contribution in [0.2, 0.25) is 5.02 Å². The van der Waals surface area contributed by atoms with Crippen molar-refractivity contribution in [3.63, 3.8) is 0 Å². The number of aliphatic hydroxyl groups excluding tert-OH is 1. The van der Waals surface area contributed by atoms with Crippen LogP contribution < -0.4 is 15.4 Å². The SMILES string of the molecule is CCn1nc(C(=O)NCC2(O)CCC(S(C)(=O)=O)CC2O)c(Cl)c1-c1cnc(NC(C)(C)CC(F)(F)F)cc1OC(F)F. The van der Waals surface area contributed by atoms with Crippen LogP contribution in [0.4, 0.5) is 27.8 Å². The quantitative estimate of drug-likeness (QED) is 0.263. The maximum Gasteiger partial charge on any atom is 0.391 e. The molecule has 2 heterocycles.